The average Bonchev–Trinajstić information content (AvgIpc) is 3.07. The predicted octanol–water partition coefficient (Wildman–Crippen LogP) is 3.59. The first-order valence-corrected chi connectivity index (χ1v) is 8.09. The number of anilines is 1. The molecule has 0 bridgehead atoms. The van der Waals surface area contributed by atoms with Gasteiger partial charge in [0.05, 0.1) is 5.52 Å². The number of aromatic nitrogens is 3. The summed E-state index contributed by atoms with van der Waals surface area (Å²) in [6.07, 6.45) is 3.34. The average molecular weight is 344 g/mol. The van der Waals surface area contributed by atoms with Crippen molar-refractivity contribution in [3.63, 3.8) is 0 Å². The molecule has 2 heterocycles. The number of phenolic OH excluding ortho intramolecular Hbond substituents is 1. The van der Waals surface area contributed by atoms with Crippen LogP contribution in [0.5, 0.6) is 5.75 Å². The van der Waals surface area contributed by atoms with E-state index in [1.807, 2.05) is 30.3 Å². The highest BCUT2D eigenvalue weighted by Gasteiger charge is 2.10. The van der Waals surface area contributed by atoms with Crippen LogP contribution < -0.4 is 5.32 Å². The van der Waals surface area contributed by atoms with Crippen molar-refractivity contribution >= 4 is 22.5 Å². The number of carbonyl (C=O) groups excluding carboxylic acids is 1. The third kappa shape index (κ3) is 3.00. The van der Waals surface area contributed by atoms with Gasteiger partial charge in [-0.25, -0.2) is 0 Å². The summed E-state index contributed by atoms with van der Waals surface area (Å²) in [6, 6.07) is 16.3. The smallest absolute Gasteiger partial charge is 0.273 e. The molecule has 0 unspecified atom stereocenters. The molecule has 0 spiro atoms. The Balaban J connectivity index is 1.63. The zero-order chi connectivity index (χ0) is 18.1. The van der Waals surface area contributed by atoms with E-state index < -0.39 is 0 Å². The fraction of sp³-hybridized carbons (Fsp3) is 0.0500. The number of amides is 1. The van der Waals surface area contributed by atoms with Gasteiger partial charge >= 0.3 is 0 Å². The van der Waals surface area contributed by atoms with Crippen LogP contribution in [0.2, 0.25) is 0 Å². The zero-order valence-corrected chi connectivity index (χ0v) is 14.0. The van der Waals surface area contributed by atoms with Gasteiger partial charge in [0.1, 0.15) is 11.4 Å². The molecule has 1 amide bonds. The second-order valence-electron chi connectivity index (χ2n) is 5.98. The third-order valence-corrected chi connectivity index (χ3v) is 4.18. The Hall–Kier alpha value is -3.67. The summed E-state index contributed by atoms with van der Waals surface area (Å²) in [4.78, 5) is 16.8. The second-order valence-corrected chi connectivity index (χ2v) is 5.98. The molecular weight excluding hydrogens is 328 g/mol. The summed E-state index contributed by atoms with van der Waals surface area (Å²) in [5, 5.41) is 17.4. The molecule has 6 heteroatoms. The highest BCUT2D eigenvalue weighted by Crippen LogP contribution is 2.26. The summed E-state index contributed by atoms with van der Waals surface area (Å²) < 4.78 is 1.52. The number of fused-ring (bicyclic) bond motifs is 1. The summed E-state index contributed by atoms with van der Waals surface area (Å²) in [6.45, 7) is 0. The SMILES string of the molecule is Cn1nccc1C(=O)Nc1ccc2cc(-c3cccc(O)c3)cnc2c1. The van der Waals surface area contributed by atoms with Crippen molar-refractivity contribution in [1.29, 1.82) is 0 Å². The van der Waals surface area contributed by atoms with Crippen LogP contribution in [0, 0.1) is 0 Å². The molecule has 0 aliphatic carbocycles. The molecule has 26 heavy (non-hydrogen) atoms. The summed E-state index contributed by atoms with van der Waals surface area (Å²) in [5.41, 5.74) is 3.74. The molecular formula is C20H16N4O2. The Morgan fingerprint density at radius 3 is 2.73 bits per heavy atom. The lowest BCUT2D eigenvalue weighted by molar-refractivity contribution is 0.101. The number of nitrogens with one attached hydrogen (secondary N) is 1. The van der Waals surface area contributed by atoms with Crippen LogP contribution in [0.15, 0.2) is 67.0 Å². The third-order valence-electron chi connectivity index (χ3n) is 4.18. The minimum Gasteiger partial charge on any atom is -0.508 e. The van der Waals surface area contributed by atoms with E-state index in [1.165, 1.54) is 4.68 Å². The van der Waals surface area contributed by atoms with E-state index in [-0.39, 0.29) is 11.7 Å². The molecule has 2 aromatic heterocycles. The quantitative estimate of drug-likeness (QED) is 0.595. The van der Waals surface area contributed by atoms with Crippen LogP contribution in [0.3, 0.4) is 0 Å². The van der Waals surface area contributed by atoms with Crippen LogP contribution >= 0.6 is 0 Å². The van der Waals surface area contributed by atoms with Gasteiger partial charge in [-0.15, -0.1) is 0 Å². The summed E-state index contributed by atoms with van der Waals surface area (Å²) in [5.74, 6) is -0.00319. The van der Waals surface area contributed by atoms with Crippen molar-refractivity contribution in [2.45, 2.75) is 0 Å². The van der Waals surface area contributed by atoms with E-state index in [0.29, 0.717) is 11.4 Å². The van der Waals surface area contributed by atoms with E-state index in [0.717, 1.165) is 22.0 Å². The molecule has 4 aromatic rings. The number of hydrogen-bond acceptors (Lipinski definition) is 4. The summed E-state index contributed by atoms with van der Waals surface area (Å²) in [7, 11) is 1.72. The molecule has 0 radical (unpaired) electrons. The van der Waals surface area contributed by atoms with Gasteiger partial charge in [0.25, 0.3) is 5.91 Å². The normalized spacial score (nSPS) is 10.8. The van der Waals surface area contributed by atoms with E-state index in [9.17, 15) is 9.90 Å². The van der Waals surface area contributed by atoms with E-state index in [1.54, 1.807) is 43.7 Å². The number of phenols is 1. The van der Waals surface area contributed by atoms with Gasteiger partial charge in [-0.05, 0) is 42.0 Å². The van der Waals surface area contributed by atoms with Crippen molar-refractivity contribution < 1.29 is 9.90 Å². The molecule has 0 fully saturated rings. The van der Waals surface area contributed by atoms with Crippen molar-refractivity contribution in [3.05, 3.63) is 72.7 Å². The van der Waals surface area contributed by atoms with Crippen LogP contribution in [-0.2, 0) is 7.05 Å². The Kier molecular flexibility index (Phi) is 3.85. The molecule has 0 aliphatic heterocycles. The Morgan fingerprint density at radius 1 is 1.08 bits per heavy atom. The number of aromatic hydroxyl groups is 1. The maximum Gasteiger partial charge on any atom is 0.273 e. The number of pyridine rings is 1. The van der Waals surface area contributed by atoms with Crippen LogP contribution in [-0.4, -0.2) is 25.8 Å². The topological polar surface area (TPSA) is 80.0 Å². The van der Waals surface area contributed by atoms with Gasteiger partial charge in [0.2, 0.25) is 0 Å². The highest BCUT2D eigenvalue weighted by molar-refractivity contribution is 6.04. The van der Waals surface area contributed by atoms with E-state index >= 15 is 0 Å². The van der Waals surface area contributed by atoms with Crippen molar-refractivity contribution in [2.75, 3.05) is 5.32 Å². The lowest BCUT2D eigenvalue weighted by Gasteiger charge is -2.08. The second kappa shape index (κ2) is 6.33. The number of hydrogen-bond donors (Lipinski definition) is 2. The molecule has 2 aromatic carbocycles. The minimum absolute atomic E-state index is 0.218. The van der Waals surface area contributed by atoms with E-state index in [4.69, 9.17) is 0 Å². The van der Waals surface area contributed by atoms with Gasteiger partial charge in [0, 0.05) is 36.1 Å². The number of rotatable bonds is 3. The zero-order valence-electron chi connectivity index (χ0n) is 14.0. The largest absolute Gasteiger partial charge is 0.508 e. The van der Waals surface area contributed by atoms with Gasteiger partial charge < -0.3 is 10.4 Å². The van der Waals surface area contributed by atoms with Gasteiger partial charge in [-0.1, -0.05) is 18.2 Å². The minimum atomic E-state index is -0.222. The molecule has 0 aliphatic rings. The first-order chi connectivity index (χ1) is 12.6. The van der Waals surface area contributed by atoms with Crippen molar-refractivity contribution in [2.24, 2.45) is 7.05 Å². The summed E-state index contributed by atoms with van der Waals surface area (Å²) >= 11 is 0. The molecule has 0 saturated heterocycles. The molecule has 2 N–H and O–H groups in total. The number of aryl methyl sites for hydroxylation is 1. The maximum atomic E-state index is 12.3. The van der Waals surface area contributed by atoms with Gasteiger partial charge in [0.15, 0.2) is 0 Å². The molecule has 128 valence electrons. The fourth-order valence-electron chi connectivity index (χ4n) is 2.83. The first-order valence-electron chi connectivity index (χ1n) is 8.09. The predicted molar refractivity (Wildman–Crippen MR) is 100 cm³/mol. The van der Waals surface area contributed by atoms with Gasteiger partial charge in [-0.3, -0.25) is 14.5 Å². The fourth-order valence-corrected chi connectivity index (χ4v) is 2.83. The molecule has 0 atom stereocenters. The number of nitrogens with zero attached hydrogens (tertiary/aromatic N) is 3. The Morgan fingerprint density at radius 2 is 1.96 bits per heavy atom. The van der Waals surface area contributed by atoms with E-state index in [2.05, 4.69) is 15.4 Å². The standard InChI is InChI=1S/C20H16N4O2/c1-24-19(7-8-22-24)20(26)23-16-6-5-14-9-15(12-21-18(14)11-16)13-3-2-4-17(25)10-13/h2-12,25H,1H3,(H,23,26). The molecule has 0 saturated carbocycles. The number of benzene rings is 2. The lowest BCUT2D eigenvalue weighted by atomic mass is 10.0. The van der Waals surface area contributed by atoms with Crippen LogP contribution in [0.25, 0.3) is 22.0 Å². The molecule has 6 nitrogen and oxygen atoms in total. The van der Waals surface area contributed by atoms with Crippen molar-refractivity contribution in [3.8, 4) is 16.9 Å². The van der Waals surface area contributed by atoms with Crippen LogP contribution in [0.4, 0.5) is 5.69 Å². The monoisotopic (exact) mass is 344 g/mol. The Bertz CT molecular complexity index is 1120. The Labute approximate surface area is 149 Å². The number of carbonyl (C=O) groups is 1. The van der Waals surface area contributed by atoms with Crippen molar-refractivity contribution in [1.82, 2.24) is 14.8 Å². The van der Waals surface area contributed by atoms with Gasteiger partial charge in [-0.2, -0.15) is 5.10 Å². The maximum absolute atomic E-state index is 12.3. The first kappa shape index (κ1) is 15.8. The highest BCUT2D eigenvalue weighted by atomic mass is 16.3. The van der Waals surface area contributed by atoms with Crippen LogP contribution in [0.1, 0.15) is 10.5 Å². The lowest BCUT2D eigenvalue weighted by Crippen LogP contribution is -2.16. The molecule has 4 rings (SSSR count).